The molecule has 0 saturated heterocycles. The summed E-state index contributed by atoms with van der Waals surface area (Å²) >= 11 is 1.32. The van der Waals surface area contributed by atoms with Gasteiger partial charge in [0.25, 0.3) is 5.91 Å². The smallest absolute Gasteiger partial charge is 0.263 e. The number of carbonyl (C=O) groups is 2. The molecule has 2 aromatic carbocycles. The van der Waals surface area contributed by atoms with Gasteiger partial charge in [0.15, 0.2) is 0 Å². The van der Waals surface area contributed by atoms with Crippen molar-refractivity contribution in [3.05, 3.63) is 71.1 Å². The van der Waals surface area contributed by atoms with Gasteiger partial charge in [0.05, 0.1) is 29.6 Å². The van der Waals surface area contributed by atoms with Crippen LogP contribution in [0.4, 0.5) is 0 Å². The largest absolute Gasteiger partial charge is 0.341 e. The maximum absolute atomic E-state index is 12.7. The van der Waals surface area contributed by atoms with Gasteiger partial charge in [-0.3, -0.25) is 9.78 Å². The Morgan fingerprint density at radius 3 is 2.69 bits per heavy atom. The van der Waals surface area contributed by atoms with Crippen LogP contribution in [0.15, 0.2) is 60.4 Å². The number of fused-ring (bicyclic) bond motifs is 1. The van der Waals surface area contributed by atoms with Gasteiger partial charge in [0, 0.05) is 12.0 Å². The number of aromatic amines is 1. The molecule has 2 N–H and O–H groups in total. The number of thiazole rings is 1. The molecule has 2 heterocycles. The number of imidazole rings is 1. The second kappa shape index (κ2) is 10.3. The van der Waals surface area contributed by atoms with E-state index in [1.807, 2.05) is 18.3 Å². The van der Waals surface area contributed by atoms with Crippen LogP contribution in [0.3, 0.4) is 0 Å². The van der Waals surface area contributed by atoms with Gasteiger partial charge >= 0.3 is 0 Å². The lowest BCUT2D eigenvalue weighted by Gasteiger charge is -2.16. The summed E-state index contributed by atoms with van der Waals surface area (Å²) < 4.78 is 0. The number of H-pyrrole nitrogens is 1. The third-order valence-corrected chi connectivity index (χ3v) is 6.24. The van der Waals surface area contributed by atoms with Crippen molar-refractivity contribution in [1.29, 1.82) is 0 Å². The first-order chi connectivity index (χ1) is 15.6. The van der Waals surface area contributed by atoms with Gasteiger partial charge in [0.1, 0.15) is 16.5 Å². The summed E-state index contributed by atoms with van der Waals surface area (Å²) in [6.07, 6.45) is 7.44. The van der Waals surface area contributed by atoms with Crippen LogP contribution in [0.25, 0.3) is 22.0 Å². The molecular formula is C25H26N4O2S. The molecule has 0 aliphatic rings. The zero-order valence-corrected chi connectivity index (χ0v) is 18.8. The maximum Gasteiger partial charge on any atom is 0.263 e. The zero-order chi connectivity index (χ0) is 22.3. The average molecular weight is 447 g/mol. The van der Waals surface area contributed by atoms with E-state index in [0.29, 0.717) is 11.3 Å². The van der Waals surface area contributed by atoms with E-state index >= 15 is 0 Å². The molecule has 164 valence electrons. The highest BCUT2D eigenvalue weighted by molar-refractivity contribution is 7.11. The first kappa shape index (κ1) is 21.9. The van der Waals surface area contributed by atoms with Crippen LogP contribution >= 0.6 is 11.3 Å². The number of aromatic nitrogens is 3. The fourth-order valence-corrected chi connectivity index (χ4v) is 4.27. The maximum atomic E-state index is 12.7. The van der Waals surface area contributed by atoms with E-state index in [4.69, 9.17) is 0 Å². The van der Waals surface area contributed by atoms with E-state index in [1.54, 1.807) is 18.6 Å². The molecule has 0 bridgehead atoms. The van der Waals surface area contributed by atoms with E-state index in [9.17, 15) is 9.59 Å². The van der Waals surface area contributed by atoms with Crippen LogP contribution in [0.1, 0.15) is 60.6 Å². The highest BCUT2D eigenvalue weighted by Gasteiger charge is 2.20. The number of ketones is 1. The summed E-state index contributed by atoms with van der Waals surface area (Å²) in [7, 11) is 0. The van der Waals surface area contributed by atoms with Crippen molar-refractivity contribution < 1.29 is 9.59 Å². The highest BCUT2D eigenvalue weighted by Crippen LogP contribution is 2.26. The van der Waals surface area contributed by atoms with Gasteiger partial charge in [0.2, 0.25) is 0 Å². The van der Waals surface area contributed by atoms with Crippen molar-refractivity contribution in [3.8, 4) is 11.3 Å². The molecule has 0 aliphatic heterocycles. The van der Waals surface area contributed by atoms with Crippen molar-refractivity contribution in [2.75, 3.05) is 0 Å². The van der Waals surface area contributed by atoms with Gasteiger partial charge in [-0.05, 0) is 36.6 Å². The highest BCUT2D eigenvalue weighted by atomic mass is 32.1. The number of nitrogens with one attached hydrogen (secondary N) is 2. The molecule has 0 unspecified atom stereocenters. The summed E-state index contributed by atoms with van der Waals surface area (Å²) in [6, 6.07) is 14.3. The minimum Gasteiger partial charge on any atom is -0.341 e. The molecule has 0 fully saturated rings. The van der Waals surface area contributed by atoms with Gasteiger partial charge in [-0.25, -0.2) is 4.98 Å². The van der Waals surface area contributed by atoms with Crippen LogP contribution in [0, 0.1) is 0 Å². The molecule has 7 heteroatoms. The third kappa shape index (κ3) is 5.48. The number of benzene rings is 2. The Kier molecular flexibility index (Phi) is 7.07. The second-order valence-corrected chi connectivity index (χ2v) is 8.82. The van der Waals surface area contributed by atoms with Crippen LogP contribution < -0.4 is 5.32 Å². The molecule has 6 nitrogen and oxygen atoms in total. The minimum atomic E-state index is -0.240. The van der Waals surface area contributed by atoms with Crippen molar-refractivity contribution in [2.24, 2.45) is 0 Å². The molecule has 0 aliphatic carbocycles. The summed E-state index contributed by atoms with van der Waals surface area (Å²) in [5, 5.41) is 5.46. The molecule has 0 radical (unpaired) electrons. The predicted molar refractivity (Wildman–Crippen MR) is 128 cm³/mol. The number of nitrogens with zero attached hydrogens (tertiary/aromatic N) is 2. The Balaban J connectivity index is 1.51. The van der Waals surface area contributed by atoms with Crippen LogP contribution in [-0.4, -0.2) is 26.6 Å². The molecule has 32 heavy (non-hydrogen) atoms. The van der Waals surface area contributed by atoms with Gasteiger partial charge in [-0.1, -0.05) is 49.2 Å². The van der Waals surface area contributed by atoms with E-state index in [0.717, 1.165) is 42.8 Å². The molecule has 4 aromatic rings. The molecular weight excluding hydrogens is 420 g/mol. The second-order valence-electron chi connectivity index (χ2n) is 7.94. The molecule has 2 aromatic heterocycles. The average Bonchev–Trinajstić information content (AvgIpc) is 3.50. The Labute approximate surface area is 191 Å². The van der Waals surface area contributed by atoms with Gasteiger partial charge < -0.3 is 15.1 Å². The molecule has 0 spiro atoms. The number of carbonyl (C=O) groups excluding carboxylic acids is 2. The van der Waals surface area contributed by atoms with Crippen molar-refractivity contribution in [2.45, 2.75) is 45.1 Å². The van der Waals surface area contributed by atoms with Crippen LogP contribution in [0.2, 0.25) is 0 Å². The Bertz CT molecular complexity index is 1200. The number of Topliss-reactive ketones (excluding diaryl/α,β-unsaturated/α-hetero) is 1. The SMILES string of the molecule is CC(=O)CCCCC[C@H](NC(=O)c1cncs1)c1ncc(-c2ccc3ccccc3c2)[nH]1. The molecule has 0 saturated carbocycles. The van der Waals surface area contributed by atoms with Gasteiger partial charge in [-0.15, -0.1) is 11.3 Å². The number of hydrogen-bond donors (Lipinski definition) is 2. The van der Waals surface area contributed by atoms with Crippen molar-refractivity contribution >= 4 is 33.8 Å². The predicted octanol–water partition coefficient (Wildman–Crippen LogP) is 5.70. The fourth-order valence-electron chi connectivity index (χ4n) is 3.75. The van der Waals surface area contributed by atoms with Crippen molar-refractivity contribution in [1.82, 2.24) is 20.3 Å². The van der Waals surface area contributed by atoms with E-state index in [-0.39, 0.29) is 17.7 Å². The first-order valence-corrected chi connectivity index (χ1v) is 11.7. The summed E-state index contributed by atoms with van der Waals surface area (Å²) in [5.74, 6) is 0.800. The Morgan fingerprint density at radius 1 is 1.06 bits per heavy atom. The number of hydrogen-bond acceptors (Lipinski definition) is 5. The van der Waals surface area contributed by atoms with E-state index in [2.05, 4.69) is 50.6 Å². The molecule has 1 amide bonds. The minimum absolute atomic E-state index is 0.148. The van der Waals surface area contributed by atoms with Crippen LogP contribution in [0.5, 0.6) is 0 Å². The normalized spacial score (nSPS) is 12.0. The quantitative estimate of drug-likeness (QED) is 0.306. The lowest BCUT2D eigenvalue weighted by Crippen LogP contribution is -2.28. The van der Waals surface area contributed by atoms with Crippen LogP contribution in [-0.2, 0) is 4.79 Å². The molecule has 1 atom stereocenters. The topological polar surface area (TPSA) is 87.7 Å². The summed E-state index contributed by atoms with van der Waals surface area (Å²) in [5.41, 5.74) is 3.62. The first-order valence-electron chi connectivity index (χ1n) is 10.8. The fraction of sp³-hybridized carbons (Fsp3) is 0.280. The number of amides is 1. The van der Waals surface area contributed by atoms with Crippen molar-refractivity contribution in [3.63, 3.8) is 0 Å². The number of rotatable bonds is 10. The lowest BCUT2D eigenvalue weighted by molar-refractivity contribution is -0.117. The Morgan fingerprint density at radius 2 is 1.91 bits per heavy atom. The molecule has 4 rings (SSSR count). The zero-order valence-electron chi connectivity index (χ0n) is 18.0. The standard InChI is InChI=1S/C25H26N4O2S/c1-17(30)7-3-2-4-10-21(29-25(31)23-15-26-16-32-23)24-27-14-22(28-24)20-12-11-18-8-5-6-9-19(18)13-20/h5-6,8-9,11-16,21H,2-4,7,10H2,1H3,(H,27,28)(H,29,31)/t21-/m0/s1. The number of unbranched alkanes of at least 4 members (excludes halogenated alkanes) is 2. The summed E-state index contributed by atoms with van der Waals surface area (Å²) in [4.78, 5) is 36.4. The van der Waals surface area contributed by atoms with Gasteiger partial charge in [-0.2, -0.15) is 0 Å². The summed E-state index contributed by atoms with van der Waals surface area (Å²) in [6.45, 7) is 1.62. The monoisotopic (exact) mass is 446 g/mol. The lowest BCUT2D eigenvalue weighted by atomic mass is 10.0. The van der Waals surface area contributed by atoms with E-state index in [1.165, 1.54) is 22.1 Å². The Hall–Kier alpha value is -3.32. The third-order valence-electron chi connectivity index (χ3n) is 5.47. The van der Waals surface area contributed by atoms with E-state index < -0.39 is 0 Å².